The molecule has 1 aliphatic carbocycles. The lowest BCUT2D eigenvalue weighted by molar-refractivity contribution is -0.981. The van der Waals surface area contributed by atoms with Gasteiger partial charge in [-0.1, -0.05) is 13.0 Å². The monoisotopic (exact) mass is 500 g/mol. The first-order chi connectivity index (χ1) is 16.8. The van der Waals surface area contributed by atoms with Crippen LogP contribution < -0.4 is 15.5 Å². The minimum absolute atomic E-state index is 0.0240. The van der Waals surface area contributed by atoms with Crippen molar-refractivity contribution in [3.05, 3.63) is 60.1 Å². The van der Waals surface area contributed by atoms with E-state index in [1.54, 1.807) is 6.07 Å². The van der Waals surface area contributed by atoms with Gasteiger partial charge in [-0.25, -0.2) is 14.4 Å². The first-order valence-electron chi connectivity index (χ1n) is 11.3. The molecule has 3 N–H and O–H groups in total. The highest BCUT2D eigenvalue weighted by Gasteiger charge is 2.44. The van der Waals surface area contributed by atoms with Gasteiger partial charge < -0.3 is 10.1 Å². The van der Waals surface area contributed by atoms with Gasteiger partial charge in [0, 0.05) is 18.4 Å². The lowest BCUT2D eigenvalue weighted by Crippen LogP contribution is -2.43. The first kappa shape index (κ1) is 24.8. The molecule has 2 aromatic heterocycles. The molecule has 1 saturated carbocycles. The van der Waals surface area contributed by atoms with Crippen LogP contribution in [0.4, 0.5) is 10.2 Å². The van der Waals surface area contributed by atoms with Crippen LogP contribution in [0.5, 0.6) is 5.88 Å². The van der Waals surface area contributed by atoms with Crippen LogP contribution in [-0.4, -0.2) is 47.9 Å². The molecule has 0 radical (unpaired) electrons. The normalized spacial score (nSPS) is 15.7. The van der Waals surface area contributed by atoms with Gasteiger partial charge in [0.2, 0.25) is 5.88 Å². The second-order valence-electron chi connectivity index (χ2n) is 8.13. The highest BCUT2D eigenvalue weighted by atomic mass is 32.1. The van der Waals surface area contributed by atoms with Crippen molar-refractivity contribution in [2.45, 2.75) is 45.2 Å². The number of nitrogens with zero attached hydrogens (tertiary/aromatic N) is 5. The lowest BCUT2D eigenvalue weighted by atomic mass is 10.1. The highest BCUT2D eigenvalue weighted by Crippen LogP contribution is 2.34. The third kappa shape index (κ3) is 6.02. The average Bonchev–Trinajstić information content (AvgIpc) is 3.69. The van der Waals surface area contributed by atoms with Crippen molar-refractivity contribution in [2.75, 3.05) is 12.0 Å². The minimum atomic E-state index is -0.693. The molecular formula is C23H27FN7O3S+. The molecule has 35 heavy (non-hydrogen) atoms. The molecule has 2 heterocycles. The zero-order valence-corrected chi connectivity index (χ0v) is 20.2. The van der Waals surface area contributed by atoms with Crippen LogP contribution in [0.2, 0.25) is 0 Å². The van der Waals surface area contributed by atoms with Gasteiger partial charge in [0.05, 0.1) is 54.4 Å². The molecule has 0 bridgehead atoms. The van der Waals surface area contributed by atoms with E-state index < -0.39 is 21.9 Å². The summed E-state index contributed by atoms with van der Waals surface area (Å²) in [5, 5.41) is 13.2. The predicted octanol–water partition coefficient (Wildman–Crippen LogP) is 3.89. The molecule has 0 saturated heterocycles. The Labute approximate surface area is 207 Å². The van der Waals surface area contributed by atoms with Crippen molar-refractivity contribution in [1.82, 2.24) is 25.3 Å². The fourth-order valence-corrected chi connectivity index (χ4v) is 3.81. The molecule has 0 aliphatic heterocycles. The largest absolute Gasteiger partial charge is 0.477 e. The molecule has 1 aromatic carbocycles. The van der Waals surface area contributed by atoms with Crippen LogP contribution in [0, 0.1) is 5.82 Å². The fraction of sp³-hybridized carbons (Fsp3) is 0.348. The summed E-state index contributed by atoms with van der Waals surface area (Å²) in [7, 11) is 0. The standard InChI is InChI=1S/C23H26FN7O3S/c1-3-18(20-11-25-12-21(27-20)30-31(33,35)15-6-7-15)29-23(32)16-8-5-14(9-17(16)24)19-10-26-13-22(28-19)34-4-2/h5,8-13,15,18,33,35H,3-4,6-7H2,1-2H3,(H-,27,29,30,32)/p+1. The lowest BCUT2D eigenvalue weighted by Gasteiger charge is -2.23. The number of benzene rings is 1. The maximum Gasteiger partial charge on any atom is 0.254 e. The van der Waals surface area contributed by atoms with Gasteiger partial charge in [0.15, 0.2) is 11.9 Å². The Bertz CT molecular complexity index is 1210. The summed E-state index contributed by atoms with van der Waals surface area (Å²) in [5.41, 5.74) is 4.08. The molecule has 2 atom stereocenters. The zero-order valence-electron chi connectivity index (χ0n) is 19.3. The summed E-state index contributed by atoms with van der Waals surface area (Å²) in [6.07, 6.45) is 8.15. The van der Waals surface area contributed by atoms with E-state index in [1.807, 2.05) is 13.8 Å². The van der Waals surface area contributed by atoms with Gasteiger partial charge in [0.25, 0.3) is 5.91 Å². The second-order valence-corrected chi connectivity index (χ2v) is 8.74. The SMILES string of the molecule is CCOc1cncc(-c2ccc(C(=O)NC(CC)c3cncc(N[N+](O)(S)C4CC4)n3)c(F)c2)n1. The van der Waals surface area contributed by atoms with Crippen LogP contribution in [0.1, 0.15) is 55.2 Å². The number of ether oxygens (including phenoxy) is 1. The highest BCUT2D eigenvalue weighted by molar-refractivity contribution is 7.74. The summed E-state index contributed by atoms with van der Waals surface area (Å²) < 4.78 is 19.6. The molecule has 3 aromatic rings. The van der Waals surface area contributed by atoms with E-state index in [9.17, 15) is 14.4 Å². The number of carbonyl (C=O) groups is 1. The maximum absolute atomic E-state index is 14.9. The molecule has 0 spiro atoms. The van der Waals surface area contributed by atoms with Gasteiger partial charge >= 0.3 is 0 Å². The Morgan fingerprint density at radius 1 is 1.23 bits per heavy atom. The fourth-order valence-electron chi connectivity index (χ4n) is 3.48. The number of aromatic nitrogens is 4. The summed E-state index contributed by atoms with van der Waals surface area (Å²) >= 11 is 4.22. The molecular weight excluding hydrogens is 473 g/mol. The van der Waals surface area contributed by atoms with E-state index in [2.05, 4.69) is 43.5 Å². The van der Waals surface area contributed by atoms with Gasteiger partial charge in [-0.05, 0) is 29.6 Å². The van der Waals surface area contributed by atoms with Crippen molar-refractivity contribution in [2.24, 2.45) is 0 Å². The summed E-state index contributed by atoms with van der Waals surface area (Å²) in [6.45, 7) is 4.13. The quantitative estimate of drug-likeness (QED) is 0.188. The van der Waals surface area contributed by atoms with Crippen molar-refractivity contribution in [3.63, 3.8) is 0 Å². The van der Waals surface area contributed by atoms with E-state index in [0.29, 0.717) is 41.7 Å². The number of hydrogen-bond donors (Lipinski definition) is 4. The molecule has 1 aliphatic rings. The topological polar surface area (TPSA) is 122 Å². The molecule has 2 unspecified atom stereocenters. The molecule has 10 nitrogen and oxygen atoms in total. The Morgan fingerprint density at radius 2 is 2.00 bits per heavy atom. The maximum atomic E-state index is 14.9. The number of amides is 1. The molecule has 184 valence electrons. The van der Waals surface area contributed by atoms with E-state index in [-0.39, 0.29) is 11.6 Å². The van der Waals surface area contributed by atoms with E-state index in [4.69, 9.17) is 4.74 Å². The Hall–Kier alpha value is -3.35. The van der Waals surface area contributed by atoms with Crippen molar-refractivity contribution < 1.29 is 23.3 Å². The van der Waals surface area contributed by atoms with Crippen LogP contribution in [0.25, 0.3) is 11.3 Å². The Morgan fingerprint density at radius 3 is 2.69 bits per heavy atom. The molecule has 12 heteroatoms. The number of halogens is 1. The van der Waals surface area contributed by atoms with Crippen molar-refractivity contribution >= 4 is 24.5 Å². The first-order valence-corrected chi connectivity index (χ1v) is 11.7. The van der Waals surface area contributed by atoms with Crippen LogP contribution in [-0.2, 0) is 0 Å². The summed E-state index contributed by atoms with van der Waals surface area (Å²) in [4.78, 5) is 29.9. The van der Waals surface area contributed by atoms with Crippen LogP contribution >= 0.6 is 12.8 Å². The van der Waals surface area contributed by atoms with Crippen molar-refractivity contribution in [1.29, 1.82) is 0 Å². The molecule has 4 rings (SSSR count). The number of quaternary nitrogens is 1. The Kier molecular flexibility index (Phi) is 7.43. The number of nitrogens with one attached hydrogen (secondary N) is 2. The smallest absolute Gasteiger partial charge is 0.254 e. The summed E-state index contributed by atoms with van der Waals surface area (Å²) in [5.74, 6) is -0.634. The average molecular weight is 501 g/mol. The number of rotatable bonds is 10. The van der Waals surface area contributed by atoms with Crippen LogP contribution in [0.3, 0.4) is 0 Å². The Balaban J connectivity index is 1.48. The number of thiol groups is 1. The number of hydrogen-bond acceptors (Lipinski definition) is 9. The minimum Gasteiger partial charge on any atom is -0.477 e. The summed E-state index contributed by atoms with van der Waals surface area (Å²) in [6, 6.07) is 3.70. The molecule has 1 fully saturated rings. The zero-order chi connectivity index (χ0) is 25.0. The van der Waals surface area contributed by atoms with Gasteiger partial charge in [-0.2, -0.15) is 10.6 Å². The number of anilines is 1. The number of hydroxylamine groups is 1. The third-order valence-corrected chi connectivity index (χ3v) is 5.90. The van der Waals surface area contributed by atoms with Crippen molar-refractivity contribution in [3.8, 4) is 17.1 Å². The van der Waals surface area contributed by atoms with E-state index in [1.165, 1.54) is 36.9 Å². The number of carbonyl (C=O) groups excluding carboxylic acids is 1. The third-order valence-electron chi connectivity index (χ3n) is 5.47. The van der Waals surface area contributed by atoms with Gasteiger partial charge in [-0.3, -0.25) is 14.8 Å². The van der Waals surface area contributed by atoms with Gasteiger partial charge in [0.1, 0.15) is 18.6 Å². The van der Waals surface area contributed by atoms with E-state index in [0.717, 1.165) is 12.8 Å². The predicted molar refractivity (Wildman–Crippen MR) is 129 cm³/mol. The van der Waals surface area contributed by atoms with Crippen LogP contribution in [0.15, 0.2) is 43.0 Å². The molecule has 1 amide bonds. The second kappa shape index (κ2) is 10.5. The van der Waals surface area contributed by atoms with E-state index >= 15 is 0 Å². The van der Waals surface area contributed by atoms with Gasteiger partial charge in [-0.15, -0.1) is 0 Å².